The van der Waals surface area contributed by atoms with Crippen molar-refractivity contribution < 1.29 is 13.9 Å². The average Bonchev–Trinajstić information content (AvgIpc) is 2.87. The monoisotopic (exact) mass is 285 g/mol. The van der Waals surface area contributed by atoms with Gasteiger partial charge in [0.25, 0.3) is 0 Å². The lowest BCUT2D eigenvalue weighted by Gasteiger charge is -1.97. The number of halogens is 1. The van der Waals surface area contributed by atoms with Crippen LogP contribution in [0.25, 0.3) is 5.65 Å². The Bertz CT molecular complexity index is 814. The van der Waals surface area contributed by atoms with Gasteiger partial charge in [-0.25, -0.2) is 18.7 Å². The van der Waals surface area contributed by atoms with Gasteiger partial charge in [-0.05, 0) is 29.8 Å². The number of methoxy groups -OCH3 is 1. The summed E-state index contributed by atoms with van der Waals surface area (Å²) in [4.78, 5) is 15.8. The fraction of sp³-hybridized carbons (Fsp3) is 0.133. The number of ether oxygens (including phenoxy) is 1. The Morgan fingerprint density at radius 3 is 2.95 bits per heavy atom. The van der Waals surface area contributed by atoms with Crippen molar-refractivity contribution in [1.82, 2.24) is 14.6 Å². The van der Waals surface area contributed by atoms with Gasteiger partial charge in [-0.2, -0.15) is 5.10 Å². The van der Waals surface area contributed by atoms with Gasteiger partial charge in [0, 0.05) is 12.6 Å². The molecule has 0 fully saturated rings. The summed E-state index contributed by atoms with van der Waals surface area (Å²) >= 11 is 0. The van der Waals surface area contributed by atoms with Crippen LogP contribution >= 0.6 is 0 Å². The molecule has 0 saturated carbocycles. The second-order valence-corrected chi connectivity index (χ2v) is 4.54. The third-order valence-electron chi connectivity index (χ3n) is 3.05. The molecule has 0 atom stereocenters. The number of carbonyl (C=O) groups is 1. The van der Waals surface area contributed by atoms with Crippen LogP contribution in [0.2, 0.25) is 0 Å². The lowest BCUT2D eigenvalue weighted by molar-refractivity contribution is 0.0600. The van der Waals surface area contributed by atoms with E-state index in [1.807, 2.05) is 6.07 Å². The first-order valence-corrected chi connectivity index (χ1v) is 6.34. The van der Waals surface area contributed by atoms with E-state index in [1.54, 1.807) is 28.9 Å². The van der Waals surface area contributed by atoms with Crippen molar-refractivity contribution in [1.29, 1.82) is 0 Å². The molecule has 2 aromatic heterocycles. The maximum Gasteiger partial charge on any atom is 0.338 e. The molecule has 0 saturated heterocycles. The summed E-state index contributed by atoms with van der Waals surface area (Å²) in [5, 5.41) is 4.29. The smallest absolute Gasteiger partial charge is 0.338 e. The number of aromatic nitrogens is 3. The van der Waals surface area contributed by atoms with Gasteiger partial charge in [0.1, 0.15) is 5.82 Å². The third kappa shape index (κ3) is 2.74. The molecule has 0 bridgehead atoms. The molecule has 2 heterocycles. The van der Waals surface area contributed by atoms with Crippen molar-refractivity contribution in [2.24, 2.45) is 0 Å². The number of fused-ring (bicyclic) bond motifs is 1. The number of benzene rings is 1. The van der Waals surface area contributed by atoms with Crippen molar-refractivity contribution >= 4 is 11.6 Å². The normalized spacial score (nSPS) is 10.8. The molecule has 106 valence electrons. The molecule has 0 aliphatic carbocycles. The van der Waals surface area contributed by atoms with Crippen LogP contribution in [0.3, 0.4) is 0 Å². The van der Waals surface area contributed by atoms with Gasteiger partial charge in [-0.3, -0.25) is 0 Å². The van der Waals surface area contributed by atoms with Crippen LogP contribution in [0.5, 0.6) is 0 Å². The summed E-state index contributed by atoms with van der Waals surface area (Å²) < 4.78 is 19.4. The first-order valence-electron chi connectivity index (χ1n) is 6.34. The second kappa shape index (κ2) is 5.32. The highest BCUT2D eigenvalue weighted by molar-refractivity contribution is 5.90. The molecule has 0 aliphatic heterocycles. The lowest BCUT2D eigenvalue weighted by Crippen LogP contribution is -2.02. The summed E-state index contributed by atoms with van der Waals surface area (Å²) in [5.74, 6) is -0.154. The molecule has 1 aromatic carbocycles. The molecule has 21 heavy (non-hydrogen) atoms. The molecule has 0 radical (unpaired) electrons. The predicted molar refractivity (Wildman–Crippen MR) is 73.5 cm³/mol. The Morgan fingerprint density at radius 1 is 1.33 bits per heavy atom. The quantitative estimate of drug-likeness (QED) is 0.693. The average molecular weight is 285 g/mol. The van der Waals surface area contributed by atoms with Gasteiger partial charge >= 0.3 is 5.97 Å². The molecule has 0 aliphatic rings. The van der Waals surface area contributed by atoms with E-state index in [0.29, 0.717) is 23.5 Å². The number of esters is 1. The maximum absolute atomic E-state index is 13.2. The van der Waals surface area contributed by atoms with E-state index in [9.17, 15) is 9.18 Å². The van der Waals surface area contributed by atoms with Gasteiger partial charge in [-0.1, -0.05) is 12.1 Å². The third-order valence-corrected chi connectivity index (χ3v) is 3.05. The van der Waals surface area contributed by atoms with Crippen LogP contribution in [0, 0.1) is 5.82 Å². The standard InChI is InChI=1S/C15H12FN3O2/c1-21-15(20)11-5-6-19-14(9-11)17-13(18-19)8-10-3-2-4-12(16)7-10/h2-7,9H,8H2,1H3. The zero-order chi connectivity index (χ0) is 14.8. The summed E-state index contributed by atoms with van der Waals surface area (Å²) in [5.41, 5.74) is 1.75. The Morgan fingerprint density at radius 2 is 2.19 bits per heavy atom. The molecule has 0 unspecified atom stereocenters. The number of rotatable bonds is 3. The highest BCUT2D eigenvalue weighted by Gasteiger charge is 2.10. The van der Waals surface area contributed by atoms with Crippen molar-refractivity contribution in [3.63, 3.8) is 0 Å². The van der Waals surface area contributed by atoms with E-state index in [0.717, 1.165) is 5.56 Å². The zero-order valence-electron chi connectivity index (χ0n) is 11.3. The molecule has 3 rings (SSSR count). The summed E-state index contributed by atoms with van der Waals surface area (Å²) in [6, 6.07) is 9.52. The van der Waals surface area contributed by atoms with Crippen LogP contribution in [0.1, 0.15) is 21.7 Å². The van der Waals surface area contributed by atoms with Gasteiger partial charge in [0.05, 0.1) is 12.7 Å². The Labute approximate surface area is 120 Å². The molecule has 6 heteroatoms. The second-order valence-electron chi connectivity index (χ2n) is 4.54. The predicted octanol–water partition coefficient (Wildman–Crippen LogP) is 2.25. The summed E-state index contributed by atoms with van der Waals surface area (Å²) in [6.45, 7) is 0. The first-order chi connectivity index (χ1) is 10.2. The minimum atomic E-state index is -0.424. The molecule has 5 nitrogen and oxygen atoms in total. The van der Waals surface area contributed by atoms with Gasteiger partial charge in [0.15, 0.2) is 11.5 Å². The highest BCUT2D eigenvalue weighted by atomic mass is 19.1. The van der Waals surface area contributed by atoms with E-state index < -0.39 is 5.97 Å². The minimum absolute atomic E-state index is 0.288. The van der Waals surface area contributed by atoms with E-state index in [-0.39, 0.29) is 5.82 Å². The highest BCUT2D eigenvalue weighted by Crippen LogP contribution is 2.11. The maximum atomic E-state index is 13.2. The van der Waals surface area contributed by atoms with Crippen LogP contribution in [-0.4, -0.2) is 27.7 Å². The molecular formula is C15H12FN3O2. The van der Waals surface area contributed by atoms with E-state index in [4.69, 9.17) is 0 Å². The fourth-order valence-corrected chi connectivity index (χ4v) is 2.08. The number of carbonyl (C=O) groups excluding carboxylic acids is 1. The molecule has 0 amide bonds. The number of hydrogen-bond donors (Lipinski definition) is 0. The lowest BCUT2D eigenvalue weighted by atomic mass is 10.1. The number of hydrogen-bond acceptors (Lipinski definition) is 4. The van der Waals surface area contributed by atoms with Gasteiger partial charge in [0.2, 0.25) is 0 Å². The van der Waals surface area contributed by atoms with Crippen LogP contribution in [0.15, 0.2) is 42.6 Å². The number of pyridine rings is 1. The Balaban J connectivity index is 1.92. The van der Waals surface area contributed by atoms with Crippen LogP contribution in [-0.2, 0) is 11.2 Å². The van der Waals surface area contributed by atoms with Crippen molar-refractivity contribution in [3.05, 3.63) is 65.4 Å². The molecular weight excluding hydrogens is 273 g/mol. The Kier molecular flexibility index (Phi) is 3.35. The SMILES string of the molecule is COC(=O)c1ccn2nc(Cc3cccc(F)c3)nc2c1. The van der Waals surface area contributed by atoms with E-state index >= 15 is 0 Å². The van der Waals surface area contributed by atoms with Crippen molar-refractivity contribution in [2.45, 2.75) is 6.42 Å². The van der Waals surface area contributed by atoms with Gasteiger partial charge in [-0.15, -0.1) is 0 Å². The van der Waals surface area contributed by atoms with Crippen LogP contribution in [0.4, 0.5) is 4.39 Å². The van der Waals surface area contributed by atoms with Crippen molar-refractivity contribution in [2.75, 3.05) is 7.11 Å². The molecule has 0 N–H and O–H groups in total. The van der Waals surface area contributed by atoms with Crippen molar-refractivity contribution in [3.8, 4) is 0 Å². The van der Waals surface area contributed by atoms with E-state index in [2.05, 4.69) is 14.8 Å². The van der Waals surface area contributed by atoms with Gasteiger partial charge < -0.3 is 4.74 Å². The largest absolute Gasteiger partial charge is 0.465 e. The number of nitrogens with zero attached hydrogens (tertiary/aromatic N) is 3. The zero-order valence-corrected chi connectivity index (χ0v) is 11.3. The molecule has 3 aromatic rings. The summed E-state index contributed by atoms with van der Waals surface area (Å²) in [6.07, 6.45) is 2.07. The Hall–Kier alpha value is -2.76. The topological polar surface area (TPSA) is 56.5 Å². The van der Waals surface area contributed by atoms with Crippen LogP contribution < -0.4 is 0 Å². The first kappa shape index (κ1) is 13.2. The minimum Gasteiger partial charge on any atom is -0.465 e. The summed E-state index contributed by atoms with van der Waals surface area (Å²) in [7, 11) is 1.33. The molecule has 0 spiro atoms. The van der Waals surface area contributed by atoms with E-state index in [1.165, 1.54) is 19.2 Å². The fourth-order valence-electron chi connectivity index (χ4n) is 2.08.